The number of hydrogen-bond donors (Lipinski definition) is 2. The molecule has 2 rings (SSSR count). The van der Waals surface area contributed by atoms with Gasteiger partial charge in [-0.2, -0.15) is 0 Å². The lowest BCUT2D eigenvalue weighted by atomic mass is 10.3. The van der Waals surface area contributed by atoms with Crippen molar-refractivity contribution < 1.29 is 4.79 Å². The Balaban J connectivity index is 2.08. The molecule has 0 aliphatic rings. The Kier molecular flexibility index (Phi) is 4.61. The first-order valence-electron chi connectivity index (χ1n) is 7.14. The van der Waals surface area contributed by atoms with E-state index in [1.54, 1.807) is 0 Å². The van der Waals surface area contributed by atoms with Gasteiger partial charge in [0.25, 0.3) is 0 Å². The Morgan fingerprint density at radius 3 is 2.80 bits per heavy atom. The third kappa shape index (κ3) is 3.10. The molecular formula is C15H22N4O. The number of carbonyl (C=O) groups is 1. The molecule has 0 aliphatic carbocycles. The molecule has 1 unspecified atom stereocenters. The maximum absolute atomic E-state index is 11.7. The molecule has 0 fully saturated rings. The van der Waals surface area contributed by atoms with Gasteiger partial charge >= 0.3 is 6.03 Å². The highest BCUT2D eigenvalue weighted by Crippen LogP contribution is 2.15. The van der Waals surface area contributed by atoms with Gasteiger partial charge in [-0.25, -0.2) is 9.78 Å². The van der Waals surface area contributed by atoms with Crippen LogP contribution in [0, 0.1) is 0 Å². The highest BCUT2D eigenvalue weighted by molar-refractivity contribution is 5.76. The van der Waals surface area contributed by atoms with Gasteiger partial charge in [0.15, 0.2) is 0 Å². The first-order valence-corrected chi connectivity index (χ1v) is 7.14. The normalized spacial score (nSPS) is 12.3. The van der Waals surface area contributed by atoms with Gasteiger partial charge < -0.3 is 15.2 Å². The molecule has 1 aromatic carbocycles. The van der Waals surface area contributed by atoms with Crippen molar-refractivity contribution in [2.24, 2.45) is 0 Å². The van der Waals surface area contributed by atoms with Crippen LogP contribution in [-0.2, 0) is 13.1 Å². The second-order valence-corrected chi connectivity index (χ2v) is 4.90. The first-order chi connectivity index (χ1) is 9.65. The number of para-hydroxylation sites is 2. The molecular weight excluding hydrogens is 252 g/mol. The number of fused-ring (bicyclic) bond motifs is 1. The van der Waals surface area contributed by atoms with E-state index in [9.17, 15) is 4.79 Å². The lowest BCUT2D eigenvalue weighted by Gasteiger charge is -2.12. The van der Waals surface area contributed by atoms with Crippen LogP contribution in [0.4, 0.5) is 4.79 Å². The Bertz CT molecular complexity index is 591. The SMILES string of the molecule is CCC(C)NC(=O)NCc1nc2ccccc2n1CC. The second-order valence-electron chi connectivity index (χ2n) is 4.90. The summed E-state index contributed by atoms with van der Waals surface area (Å²) in [5.74, 6) is 0.882. The Morgan fingerprint density at radius 1 is 1.35 bits per heavy atom. The van der Waals surface area contributed by atoms with Crippen molar-refractivity contribution in [3.63, 3.8) is 0 Å². The van der Waals surface area contributed by atoms with Crippen molar-refractivity contribution in [3.8, 4) is 0 Å². The first kappa shape index (κ1) is 14.4. The van der Waals surface area contributed by atoms with Gasteiger partial charge in [-0.05, 0) is 32.4 Å². The van der Waals surface area contributed by atoms with Crippen molar-refractivity contribution in [3.05, 3.63) is 30.1 Å². The van der Waals surface area contributed by atoms with Gasteiger partial charge in [-0.1, -0.05) is 19.1 Å². The summed E-state index contributed by atoms with van der Waals surface area (Å²) in [7, 11) is 0. The van der Waals surface area contributed by atoms with Gasteiger partial charge in [-0.15, -0.1) is 0 Å². The van der Waals surface area contributed by atoms with E-state index in [1.807, 2.05) is 32.0 Å². The zero-order chi connectivity index (χ0) is 14.5. The molecule has 1 aromatic heterocycles. The number of carbonyl (C=O) groups excluding carboxylic acids is 1. The summed E-state index contributed by atoms with van der Waals surface area (Å²) in [6.07, 6.45) is 0.918. The Labute approximate surface area is 119 Å². The molecule has 0 saturated heterocycles. The zero-order valence-corrected chi connectivity index (χ0v) is 12.3. The summed E-state index contributed by atoms with van der Waals surface area (Å²) >= 11 is 0. The summed E-state index contributed by atoms with van der Waals surface area (Å²) in [4.78, 5) is 16.3. The number of hydrogen-bond acceptors (Lipinski definition) is 2. The molecule has 2 aromatic rings. The molecule has 5 nitrogen and oxygen atoms in total. The second kappa shape index (κ2) is 6.41. The van der Waals surface area contributed by atoms with E-state index in [4.69, 9.17) is 0 Å². The lowest BCUT2D eigenvalue weighted by molar-refractivity contribution is 0.236. The van der Waals surface area contributed by atoms with Crippen molar-refractivity contribution in [1.82, 2.24) is 20.2 Å². The minimum Gasteiger partial charge on any atom is -0.336 e. The number of nitrogens with zero attached hydrogens (tertiary/aromatic N) is 2. The van der Waals surface area contributed by atoms with Gasteiger partial charge in [0.05, 0.1) is 17.6 Å². The molecule has 1 atom stereocenters. The summed E-state index contributed by atoms with van der Waals surface area (Å²) in [5.41, 5.74) is 2.07. The number of imidazole rings is 1. The number of rotatable bonds is 5. The summed E-state index contributed by atoms with van der Waals surface area (Å²) in [5, 5.41) is 5.75. The molecule has 0 radical (unpaired) electrons. The van der Waals surface area contributed by atoms with Gasteiger partial charge in [0, 0.05) is 12.6 Å². The van der Waals surface area contributed by atoms with Crippen molar-refractivity contribution in [1.29, 1.82) is 0 Å². The minimum absolute atomic E-state index is 0.144. The Morgan fingerprint density at radius 2 is 2.10 bits per heavy atom. The van der Waals surface area contributed by atoms with E-state index in [-0.39, 0.29) is 12.1 Å². The molecule has 1 heterocycles. The standard InChI is InChI=1S/C15H22N4O/c1-4-11(3)17-15(20)16-10-14-18-12-8-6-7-9-13(12)19(14)5-2/h6-9,11H,4-5,10H2,1-3H3,(H2,16,17,20). The van der Waals surface area contributed by atoms with Crippen LogP contribution in [0.25, 0.3) is 11.0 Å². The molecule has 0 aliphatic heterocycles. The van der Waals surface area contributed by atoms with Crippen LogP contribution in [0.15, 0.2) is 24.3 Å². The van der Waals surface area contributed by atoms with E-state index in [1.165, 1.54) is 0 Å². The van der Waals surface area contributed by atoms with E-state index in [0.29, 0.717) is 6.54 Å². The molecule has 5 heteroatoms. The van der Waals surface area contributed by atoms with Crippen molar-refractivity contribution in [2.45, 2.75) is 46.3 Å². The van der Waals surface area contributed by atoms with Crippen LogP contribution < -0.4 is 10.6 Å². The summed E-state index contributed by atoms with van der Waals surface area (Å²) < 4.78 is 2.12. The monoisotopic (exact) mass is 274 g/mol. The third-order valence-corrected chi connectivity index (χ3v) is 3.45. The zero-order valence-electron chi connectivity index (χ0n) is 12.3. The van der Waals surface area contributed by atoms with Crippen LogP contribution >= 0.6 is 0 Å². The molecule has 2 N–H and O–H groups in total. The van der Waals surface area contributed by atoms with Crippen LogP contribution in [0.3, 0.4) is 0 Å². The predicted octanol–water partition coefficient (Wildman–Crippen LogP) is 2.65. The molecule has 20 heavy (non-hydrogen) atoms. The fraction of sp³-hybridized carbons (Fsp3) is 0.467. The Hall–Kier alpha value is -2.04. The lowest BCUT2D eigenvalue weighted by Crippen LogP contribution is -2.40. The molecule has 2 amide bonds. The van der Waals surface area contributed by atoms with E-state index in [0.717, 1.165) is 29.8 Å². The molecule has 0 saturated carbocycles. The van der Waals surface area contributed by atoms with Crippen LogP contribution in [0.2, 0.25) is 0 Å². The topological polar surface area (TPSA) is 59.0 Å². The number of benzene rings is 1. The summed E-state index contributed by atoms with van der Waals surface area (Å²) in [6.45, 7) is 7.38. The molecule has 0 spiro atoms. The van der Waals surface area contributed by atoms with Crippen LogP contribution in [-0.4, -0.2) is 21.6 Å². The predicted molar refractivity (Wildman–Crippen MR) is 80.5 cm³/mol. The largest absolute Gasteiger partial charge is 0.336 e. The van der Waals surface area contributed by atoms with E-state index in [2.05, 4.69) is 33.2 Å². The van der Waals surface area contributed by atoms with E-state index < -0.39 is 0 Å². The fourth-order valence-electron chi connectivity index (χ4n) is 2.15. The van der Waals surface area contributed by atoms with Gasteiger partial charge in [-0.3, -0.25) is 0 Å². The molecule has 108 valence electrons. The van der Waals surface area contributed by atoms with Crippen LogP contribution in [0.1, 0.15) is 33.0 Å². The highest BCUT2D eigenvalue weighted by atomic mass is 16.2. The van der Waals surface area contributed by atoms with E-state index >= 15 is 0 Å². The summed E-state index contributed by atoms with van der Waals surface area (Å²) in [6, 6.07) is 8.05. The van der Waals surface area contributed by atoms with Gasteiger partial charge in [0.2, 0.25) is 0 Å². The number of amides is 2. The smallest absolute Gasteiger partial charge is 0.315 e. The fourth-order valence-corrected chi connectivity index (χ4v) is 2.15. The minimum atomic E-state index is -0.144. The number of urea groups is 1. The third-order valence-electron chi connectivity index (χ3n) is 3.45. The average Bonchev–Trinajstić information content (AvgIpc) is 2.82. The number of aromatic nitrogens is 2. The number of aryl methyl sites for hydroxylation is 1. The maximum Gasteiger partial charge on any atom is 0.315 e. The van der Waals surface area contributed by atoms with Crippen molar-refractivity contribution >= 4 is 17.1 Å². The maximum atomic E-state index is 11.7. The van der Waals surface area contributed by atoms with Crippen molar-refractivity contribution in [2.75, 3.05) is 0 Å². The quantitative estimate of drug-likeness (QED) is 0.880. The highest BCUT2D eigenvalue weighted by Gasteiger charge is 2.10. The number of nitrogens with one attached hydrogen (secondary N) is 2. The average molecular weight is 274 g/mol. The van der Waals surface area contributed by atoms with Crippen LogP contribution in [0.5, 0.6) is 0 Å². The molecule has 0 bridgehead atoms. The van der Waals surface area contributed by atoms with Gasteiger partial charge in [0.1, 0.15) is 5.82 Å².